The topological polar surface area (TPSA) is 58.6 Å². The van der Waals surface area contributed by atoms with Gasteiger partial charge in [0.1, 0.15) is 6.04 Å². The predicted octanol–water partition coefficient (Wildman–Crippen LogP) is 3.28. The summed E-state index contributed by atoms with van der Waals surface area (Å²) in [4.78, 5) is 28.5. The van der Waals surface area contributed by atoms with E-state index in [1.54, 1.807) is 16.2 Å². The number of carbonyl (C=O) groups excluding carboxylic acids is 2. The van der Waals surface area contributed by atoms with Gasteiger partial charge in [-0.15, -0.1) is 11.3 Å². The first kappa shape index (κ1) is 18.9. The van der Waals surface area contributed by atoms with E-state index >= 15 is 0 Å². The van der Waals surface area contributed by atoms with Crippen LogP contribution in [0.2, 0.25) is 0 Å². The number of hydrogen-bond donors (Lipinski definition) is 1. The summed E-state index contributed by atoms with van der Waals surface area (Å²) in [6, 6.07) is 3.83. The van der Waals surface area contributed by atoms with Crippen LogP contribution in [0.5, 0.6) is 0 Å². The molecule has 27 heavy (non-hydrogen) atoms. The molecular formula is C21H30N2O3S. The smallest absolute Gasteiger partial charge is 0.243 e. The number of hydrogen-bond acceptors (Lipinski definition) is 4. The Labute approximate surface area is 165 Å². The summed E-state index contributed by atoms with van der Waals surface area (Å²) in [5, 5.41) is 5.26. The van der Waals surface area contributed by atoms with Gasteiger partial charge in [-0.25, -0.2) is 0 Å². The van der Waals surface area contributed by atoms with Crippen molar-refractivity contribution in [2.75, 3.05) is 13.2 Å². The van der Waals surface area contributed by atoms with Gasteiger partial charge in [0.05, 0.1) is 12.0 Å². The quantitative estimate of drug-likeness (QED) is 0.858. The lowest BCUT2D eigenvalue weighted by atomic mass is 9.78. The molecule has 2 amide bonds. The van der Waals surface area contributed by atoms with Crippen molar-refractivity contribution in [2.24, 2.45) is 0 Å². The summed E-state index contributed by atoms with van der Waals surface area (Å²) in [6.45, 7) is 1.43. The third-order valence-corrected chi connectivity index (χ3v) is 7.26. The summed E-state index contributed by atoms with van der Waals surface area (Å²) < 4.78 is 6.15. The zero-order chi connectivity index (χ0) is 18.7. The van der Waals surface area contributed by atoms with E-state index in [0.29, 0.717) is 13.0 Å². The number of amides is 2. The number of thiophene rings is 1. The Hall–Kier alpha value is -1.40. The van der Waals surface area contributed by atoms with E-state index in [2.05, 4.69) is 5.32 Å². The molecule has 3 aliphatic rings. The highest BCUT2D eigenvalue weighted by Crippen LogP contribution is 2.38. The molecule has 148 valence electrons. The van der Waals surface area contributed by atoms with E-state index < -0.39 is 0 Å². The first-order valence-corrected chi connectivity index (χ1v) is 11.3. The van der Waals surface area contributed by atoms with Crippen molar-refractivity contribution in [1.82, 2.24) is 10.2 Å². The summed E-state index contributed by atoms with van der Waals surface area (Å²) in [7, 11) is 0. The first-order valence-electron chi connectivity index (χ1n) is 10.4. The second-order valence-corrected chi connectivity index (χ2v) is 9.32. The van der Waals surface area contributed by atoms with E-state index in [1.165, 1.54) is 19.3 Å². The van der Waals surface area contributed by atoms with Crippen LogP contribution >= 0.6 is 11.3 Å². The SMILES string of the molecule is O=C(NC1CCOC2(CCCCC2)C1)C1CCCN1C(=O)Cc1cccs1. The minimum Gasteiger partial charge on any atom is -0.375 e. The number of nitrogens with one attached hydrogen (secondary N) is 1. The van der Waals surface area contributed by atoms with Crippen molar-refractivity contribution in [3.63, 3.8) is 0 Å². The molecule has 2 unspecified atom stereocenters. The van der Waals surface area contributed by atoms with E-state index in [-0.39, 0.29) is 29.5 Å². The monoisotopic (exact) mass is 390 g/mol. The van der Waals surface area contributed by atoms with Gasteiger partial charge in [-0.1, -0.05) is 25.3 Å². The average Bonchev–Trinajstić information content (AvgIpc) is 3.34. The van der Waals surface area contributed by atoms with E-state index in [9.17, 15) is 9.59 Å². The van der Waals surface area contributed by atoms with Crippen molar-refractivity contribution in [2.45, 2.75) is 81.9 Å². The Morgan fingerprint density at radius 2 is 2.07 bits per heavy atom. The number of likely N-dealkylation sites (tertiary alicyclic amines) is 1. The molecule has 5 nitrogen and oxygen atoms in total. The third-order valence-electron chi connectivity index (χ3n) is 6.39. The maximum atomic E-state index is 13.0. The first-order chi connectivity index (χ1) is 13.2. The molecule has 4 rings (SSSR count). The molecular weight excluding hydrogens is 360 g/mol. The van der Waals surface area contributed by atoms with E-state index in [0.717, 1.165) is 50.0 Å². The van der Waals surface area contributed by atoms with Gasteiger partial charge in [0, 0.05) is 24.1 Å². The lowest BCUT2D eigenvalue weighted by Gasteiger charge is -2.44. The Balaban J connectivity index is 1.34. The molecule has 2 aliphatic heterocycles. The molecule has 1 spiro atoms. The summed E-state index contributed by atoms with van der Waals surface area (Å²) in [6.07, 6.45) is 9.89. The van der Waals surface area contributed by atoms with Crippen molar-refractivity contribution >= 4 is 23.2 Å². The molecule has 3 fully saturated rings. The van der Waals surface area contributed by atoms with Crippen LogP contribution in [0.1, 0.15) is 62.7 Å². The fourth-order valence-electron chi connectivity index (χ4n) is 4.99. The molecule has 1 N–H and O–H groups in total. The van der Waals surface area contributed by atoms with Crippen LogP contribution in [-0.2, 0) is 20.7 Å². The molecule has 3 heterocycles. The third kappa shape index (κ3) is 4.37. The molecule has 1 aliphatic carbocycles. The average molecular weight is 391 g/mol. The highest BCUT2D eigenvalue weighted by atomic mass is 32.1. The van der Waals surface area contributed by atoms with Crippen molar-refractivity contribution in [1.29, 1.82) is 0 Å². The van der Waals surface area contributed by atoms with Crippen molar-refractivity contribution < 1.29 is 14.3 Å². The molecule has 2 saturated heterocycles. The molecule has 0 bridgehead atoms. The van der Waals surface area contributed by atoms with Gasteiger partial charge < -0.3 is 15.0 Å². The summed E-state index contributed by atoms with van der Waals surface area (Å²) in [5.74, 6) is 0.107. The fourth-order valence-corrected chi connectivity index (χ4v) is 5.69. The highest BCUT2D eigenvalue weighted by molar-refractivity contribution is 7.10. The molecule has 1 aromatic rings. The minimum atomic E-state index is -0.303. The molecule has 0 aromatic carbocycles. The highest BCUT2D eigenvalue weighted by Gasteiger charge is 2.40. The van der Waals surface area contributed by atoms with Gasteiger partial charge in [0.15, 0.2) is 0 Å². The van der Waals surface area contributed by atoms with Crippen LogP contribution < -0.4 is 5.32 Å². The minimum absolute atomic E-state index is 0.0151. The van der Waals surface area contributed by atoms with Gasteiger partial charge >= 0.3 is 0 Å². The van der Waals surface area contributed by atoms with Crippen molar-refractivity contribution in [3.05, 3.63) is 22.4 Å². The predicted molar refractivity (Wildman–Crippen MR) is 106 cm³/mol. The van der Waals surface area contributed by atoms with E-state index in [1.807, 2.05) is 17.5 Å². The molecule has 1 saturated carbocycles. The van der Waals surface area contributed by atoms with Gasteiger partial charge in [-0.05, 0) is 50.0 Å². The molecule has 0 radical (unpaired) electrons. The lowest BCUT2D eigenvalue weighted by molar-refractivity contribution is -0.140. The second-order valence-electron chi connectivity index (χ2n) is 8.29. The Morgan fingerprint density at radius 3 is 2.85 bits per heavy atom. The molecule has 6 heteroatoms. The van der Waals surface area contributed by atoms with Gasteiger partial charge in [0.25, 0.3) is 0 Å². The number of rotatable bonds is 4. The molecule has 1 aromatic heterocycles. The normalized spacial score (nSPS) is 27.6. The Kier molecular flexibility index (Phi) is 5.83. The van der Waals surface area contributed by atoms with Crippen LogP contribution in [0, 0.1) is 0 Å². The summed E-state index contributed by atoms with van der Waals surface area (Å²) >= 11 is 1.60. The lowest BCUT2D eigenvalue weighted by Crippen LogP contribution is -2.53. The standard InChI is InChI=1S/C21H30N2O3S/c24-19(14-17-6-5-13-27-17)23-11-4-7-18(23)20(25)22-16-8-12-26-21(15-16)9-2-1-3-10-21/h5-6,13,16,18H,1-4,7-12,14-15H2,(H,22,25). The fraction of sp³-hybridized carbons (Fsp3) is 0.714. The number of nitrogens with zero attached hydrogens (tertiary/aromatic N) is 1. The largest absolute Gasteiger partial charge is 0.375 e. The van der Waals surface area contributed by atoms with E-state index in [4.69, 9.17) is 4.74 Å². The Morgan fingerprint density at radius 1 is 1.22 bits per heavy atom. The second kappa shape index (κ2) is 8.31. The maximum absolute atomic E-state index is 13.0. The van der Waals surface area contributed by atoms with Crippen LogP contribution in [0.15, 0.2) is 17.5 Å². The zero-order valence-corrected chi connectivity index (χ0v) is 16.8. The van der Waals surface area contributed by atoms with Crippen LogP contribution in [0.25, 0.3) is 0 Å². The number of ether oxygens (including phenoxy) is 1. The van der Waals surface area contributed by atoms with Gasteiger partial charge in [-0.2, -0.15) is 0 Å². The molecule has 2 atom stereocenters. The maximum Gasteiger partial charge on any atom is 0.243 e. The Bertz CT molecular complexity index is 649. The van der Waals surface area contributed by atoms with Crippen LogP contribution in [0.4, 0.5) is 0 Å². The van der Waals surface area contributed by atoms with Crippen LogP contribution in [-0.4, -0.2) is 47.6 Å². The van der Waals surface area contributed by atoms with Gasteiger partial charge in [-0.3, -0.25) is 9.59 Å². The van der Waals surface area contributed by atoms with Crippen LogP contribution in [0.3, 0.4) is 0 Å². The summed E-state index contributed by atoms with van der Waals surface area (Å²) in [5.41, 5.74) is -0.0151. The zero-order valence-electron chi connectivity index (χ0n) is 16.0. The van der Waals surface area contributed by atoms with Gasteiger partial charge in [0.2, 0.25) is 11.8 Å². The van der Waals surface area contributed by atoms with Crippen molar-refractivity contribution in [3.8, 4) is 0 Å². The number of carbonyl (C=O) groups is 2.